The van der Waals surface area contributed by atoms with Gasteiger partial charge in [-0.2, -0.15) is 0 Å². The van der Waals surface area contributed by atoms with E-state index in [1.807, 2.05) is 18.2 Å². The van der Waals surface area contributed by atoms with E-state index < -0.39 is 0 Å². The molecule has 0 unspecified atom stereocenters. The second kappa shape index (κ2) is 9.22. The third kappa shape index (κ3) is 6.60. The SMILES string of the molecule is CC(C)CNCc1c(Cl)cccc1OCCCN(C)C. The van der Waals surface area contributed by atoms with Crippen LogP contribution in [0, 0.1) is 5.92 Å². The number of halogens is 1. The summed E-state index contributed by atoms with van der Waals surface area (Å²) in [6, 6.07) is 5.85. The molecule has 0 heterocycles. The molecular weight excluding hydrogens is 272 g/mol. The van der Waals surface area contributed by atoms with E-state index in [1.54, 1.807) is 0 Å². The summed E-state index contributed by atoms with van der Waals surface area (Å²) in [7, 11) is 4.14. The van der Waals surface area contributed by atoms with Gasteiger partial charge in [0.1, 0.15) is 5.75 Å². The minimum absolute atomic E-state index is 0.627. The lowest BCUT2D eigenvalue weighted by Crippen LogP contribution is -2.20. The Hall–Kier alpha value is -0.770. The van der Waals surface area contributed by atoms with Crippen molar-refractivity contribution in [1.29, 1.82) is 0 Å². The van der Waals surface area contributed by atoms with Crippen LogP contribution in [0.5, 0.6) is 5.75 Å². The van der Waals surface area contributed by atoms with Crippen LogP contribution in [0.3, 0.4) is 0 Å². The van der Waals surface area contributed by atoms with E-state index in [9.17, 15) is 0 Å². The largest absolute Gasteiger partial charge is 0.493 e. The van der Waals surface area contributed by atoms with Gasteiger partial charge in [-0.3, -0.25) is 0 Å². The lowest BCUT2D eigenvalue weighted by molar-refractivity contribution is 0.279. The van der Waals surface area contributed by atoms with Crippen LogP contribution in [-0.2, 0) is 6.54 Å². The van der Waals surface area contributed by atoms with Crippen LogP contribution >= 0.6 is 11.6 Å². The summed E-state index contributed by atoms with van der Waals surface area (Å²) in [5, 5.41) is 4.19. The molecule has 20 heavy (non-hydrogen) atoms. The zero-order chi connectivity index (χ0) is 15.0. The molecule has 0 amide bonds. The standard InChI is InChI=1S/C16H27ClN2O/c1-13(2)11-18-12-14-15(17)7-5-8-16(14)20-10-6-9-19(3)4/h5,7-8,13,18H,6,9-12H2,1-4H3. The van der Waals surface area contributed by atoms with Gasteiger partial charge in [-0.25, -0.2) is 0 Å². The van der Waals surface area contributed by atoms with Crippen molar-refractivity contribution in [2.24, 2.45) is 5.92 Å². The van der Waals surface area contributed by atoms with Crippen molar-refractivity contribution in [1.82, 2.24) is 10.2 Å². The molecule has 1 rings (SSSR count). The molecule has 1 N–H and O–H groups in total. The summed E-state index contributed by atoms with van der Waals surface area (Å²) >= 11 is 6.28. The fraction of sp³-hybridized carbons (Fsp3) is 0.625. The van der Waals surface area contributed by atoms with Gasteiger partial charge in [-0.1, -0.05) is 31.5 Å². The average molecular weight is 299 g/mol. The second-order valence-corrected chi connectivity index (χ2v) is 6.15. The zero-order valence-corrected chi connectivity index (χ0v) is 13.8. The highest BCUT2D eigenvalue weighted by molar-refractivity contribution is 6.31. The van der Waals surface area contributed by atoms with Gasteiger partial charge in [-0.05, 0) is 45.1 Å². The molecule has 0 fully saturated rings. The number of nitrogens with one attached hydrogen (secondary N) is 1. The maximum atomic E-state index is 6.28. The molecule has 0 aromatic heterocycles. The van der Waals surface area contributed by atoms with E-state index in [0.29, 0.717) is 5.92 Å². The van der Waals surface area contributed by atoms with Crippen LogP contribution in [0.4, 0.5) is 0 Å². The molecule has 0 saturated heterocycles. The predicted octanol–water partition coefficient (Wildman–Crippen LogP) is 3.42. The molecule has 1 aromatic rings. The highest BCUT2D eigenvalue weighted by Gasteiger charge is 2.08. The second-order valence-electron chi connectivity index (χ2n) is 5.75. The molecule has 1 aromatic carbocycles. The molecule has 3 nitrogen and oxygen atoms in total. The third-order valence-electron chi connectivity index (χ3n) is 2.94. The predicted molar refractivity (Wildman–Crippen MR) is 86.7 cm³/mol. The number of ether oxygens (including phenoxy) is 1. The van der Waals surface area contributed by atoms with Crippen molar-refractivity contribution in [3.63, 3.8) is 0 Å². The van der Waals surface area contributed by atoms with E-state index in [2.05, 4.69) is 38.2 Å². The Bertz CT molecular complexity index is 394. The highest BCUT2D eigenvalue weighted by atomic mass is 35.5. The summed E-state index contributed by atoms with van der Waals surface area (Å²) in [6.45, 7) is 7.86. The average Bonchev–Trinajstić information content (AvgIpc) is 2.37. The first-order chi connectivity index (χ1) is 9.50. The Morgan fingerprint density at radius 1 is 1.30 bits per heavy atom. The van der Waals surface area contributed by atoms with Crippen molar-refractivity contribution in [2.75, 3.05) is 33.8 Å². The molecular formula is C16H27ClN2O. The Labute approximate surface area is 128 Å². The molecule has 0 atom stereocenters. The van der Waals surface area contributed by atoms with Gasteiger partial charge in [0.25, 0.3) is 0 Å². The van der Waals surface area contributed by atoms with E-state index in [-0.39, 0.29) is 0 Å². The number of benzene rings is 1. The quantitative estimate of drug-likeness (QED) is 0.707. The van der Waals surface area contributed by atoms with Crippen LogP contribution < -0.4 is 10.1 Å². The van der Waals surface area contributed by atoms with Gasteiger partial charge in [0.2, 0.25) is 0 Å². The molecule has 0 saturated carbocycles. The molecule has 0 radical (unpaired) electrons. The van der Waals surface area contributed by atoms with Crippen molar-refractivity contribution in [2.45, 2.75) is 26.8 Å². The highest BCUT2D eigenvalue weighted by Crippen LogP contribution is 2.26. The Morgan fingerprint density at radius 2 is 2.05 bits per heavy atom. The summed E-state index contributed by atoms with van der Waals surface area (Å²) in [5.74, 6) is 1.52. The fourth-order valence-electron chi connectivity index (χ4n) is 1.89. The maximum Gasteiger partial charge on any atom is 0.125 e. The van der Waals surface area contributed by atoms with Crippen LogP contribution in [0.25, 0.3) is 0 Å². The molecule has 0 aliphatic carbocycles. The maximum absolute atomic E-state index is 6.28. The number of nitrogens with zero attached hydrogens (tertiary/aromatic N) is 1. The number of rotatable bonds is 9. The molecule has 0 bridgehead atoms. The Balaban J connectivity index is 2.54. The molecule has 4 heteroatoms. The minimum atomic E-state index is 0.627. The van der Waals surface area contributed by atoms with Gasteiger partial charge >= 0.3 is 0 Å². The zero-order valence-electron chi connectivity index (χ0n) is 13.1. The molecule has 114 valence electrons. The smallest absolute Gasteiger partial charge is 0.125 e. The first-order valence-electron chi connectivity index (χ1n) is 7.26. The topological polar surface area (TPSA) is 24.5 Å². The van der Waals surface area contributed by atoms with Gasteiger partial charge in [0.15, 0.2) is 0 Å². The fourth-order valence-corrected chi connectivity index (χ4v) is 2.13. The summed E-state index contributed by atoms with van der Waals surface area (Å²) in [5.41, 5.74) is 1.06. The normalized spacial score (nSPS) is 11.3. The van der Waals surface area contributed by atoms with Crippen molar-refractivity contribution >= 4 is 11.6 Å². The van der Waals surface area contributed by atoms with Crippen molar-refractivity contribution in [3.8, 4) is 5.75 Å². The molecule has 0 spiro atoms. The van der Waals surface area contributed by atoms with Crippen LogP contribution in [0.15, 0.2) is 18.2 Å². The number of hydrogen-bond donors (Lipinski definition) is 1. The Morgan fingerprint density at radius 3 is 2.70 bits per heavy atom. The van der Waals surface area contributed by atoms with Crippen LogP contribution in [0.1, 0.15) is 25.8 Å². The molecule has 0 aliphatic heterocycles. The van der Waals surface area contributed by atoms with Crippen molar-refractivity contribution < 1.29 is 4.74 Å². The Kier molecular flexibility index (Phi) is 7.97. The monoisotopic (exact) mass is 298 g/mol. The van der Waals surface area contributed by atoms with E-state index in [1.165, 1.54) is 0 Å². The lowest BCUT2D eigenvalue weighted by Gasteiger charge is -2.15. The third-order valence-corrected chi connectivity index (χ3v) is 3.29. The van der Waals surface area contributed by atoms with Crippen LogP contribution in [-0.4, -0.2) is 38.7 Å². The van der Waals surface area contributed by atoms with Gasteiger partial charge < -0.3 is 15.0 Å². The van der Waals surface area contributed by atoms with Crippen molar-refractivity contribution in [3.05, 3.63) is 28.8 Å². The summed E-state index contributed by atoms with van der Waals surface area (Å²) < 4.78 is 5.87. The summed E-state index contributed by atoms with van der Waals surface area (Å²) in [6.07, 6.45) is 1.01. The van der Waals surface area contributed by atoms with Gasteiger partial charge in [0.05, 0.1) is 6.61 Å². The minimum Gasteiger partial charge on any atom is -0.493 e. The van der Waals surface area contributed by atoms with Gasteiger partial charge in [-0.15, -0.1) is 0 Å². The molecule has 0 aliphatic rings. The van der Waals surface area contributed by atoms with E-state index in [4.69, 9.17) is 16.3 Å². The van der Waals surface area contributed by atoms with Crippen LogP contribution in [0.2, 0.25) is 5.02 Å². The van der Waals surface area contributed by atoms with E-state index >= 15 is 0 Å². The van der Waals surface area contributed by atoms with E-state index in [0.717, 1.165) is 49.0 Å². The first-order valence-corrected chi connectivity index (χ1v) is 7.64. The lowest BCUT2D eigenvalue weighted by atomic mass is 10.1. The number of hydrogen-bond acceptors (Lipinski definition) is 3. The summed E-state index contributed by atoms with van der Waals surface area (Å²) in [4.78, 5) is 2.16. The van der Waals surface area contributed by atoms with Gasteiger partial charge in [0, 0.05) is 23.7 Å². The first kappa shape index (κ1) is 17.3.